The molecule has 0 amide bonds. The average Bonchev–Trinajstić information content (AvgIpc) is 2.37. The van der Waals surface area contributed by atoms with Crippen molar-refractivity contribution in [3.63, 3.8) is 0 Å². The lowest BCUT2D eigenvalue weighted by atomic mass is 10.0. The minimum Gasteiger partial charge on any atom is -0.300 e. The molecule has 0 radical (unpaired) electrons. The second-order valence-corrected chi connectivity index (χ2v) is 3.57. The van der Waals surface area contributed by atoms with E-state index in [1.807, 2.05) is 34.6 Å². The standard InChI is InChI=1S/C6H12.C5H10O.2C2H6/c1-2-4-6-5-3-1;1-3-4-5(2)6;2*1-2/h1-6H2;3-4H2,1-2H3;2*1-2H3. The summed E-state index contributed by atoms with van der Waals surface area (Å²) >= 11 is 0. The molecule has 1 heteroatoms. The molecule has 1 aliphatic rings. The molecule has 1 saturated carbocycles. The Kier molecular flexibility index (Phi) is 31.6. The highest BCUT2D eigenvalue weighted by Crippen LogP contribution is 2.15. The molecule has 0 aromatic carbocycles. The lowest BCUT2D eigenvalue weighted by molar-refractivity contribution is -0.117. The van der Waals surface area contributed by atoms with E-state index in [2.05, 4.69) is 0 Å². The third-order valence-electron chi connectivity index (χ3n) is 2.10. The zero-order valence-corrected chi connectivity index (χ0v) is 12.6. The number of hydrogen-bond acceptors (Lipinski definition) is 1. The molecule has 0 bridgehead atoms. The third-order valence-corrected chi connectivity index (χ3v) is 2.10. The van der Waals surface area contributed by atoms with Crippen LogP contribution in [-0.4, -0.2) is 5.78 Å². The van der Waals surface area contributed by atoms with Crippen molar-refractivity contribution in [2.45, 2.75) is 92.9 Å². The first kappa shape index (κ1) is 21.0. The van der Waals surface area contributed by atoms with E-state index < -0.39 is 0 Å². The third kappa shape index (κ3) is 29.2. The maximum Gasteiger partial charge on any atom is 0.129 e. The number of carbonyl (C=O) groups is 1. The number of hydrogen-bond donors (Lipinski definition) is 0. The van der Waals surface area contributed by atoms with Crippen LogP contribution in [0.1, 0.15) is 92.9 Å². The van der Waals surface area contributed by atoms with Gasteiger partial charge < -0.3 is 4.79 Å². The van der Waals surface area contributed by atoms with Crippen molar-refractivity contribution in [2.24, 2.45) is 0 Å². The summed E-state index contributed by atoms with van der Waals surface area (Å²) in [6.07, 6.45) is 10.7. The van der Waals surface area contributed by atoms with Gasteiger partial charge in [-0.2, -0.15) is 0 Å². The van der Waals surface area contributed by atoms with Crippen LogP contribution < -0.4 is 0 Å². The summed E-state index contributed by atoms with van der Waals surface area (Å²) in [5, 5.41) is 0. The number of carbonyl (C=O) groups excluding carboxylic acids is 1. The van der Waals surface area contributed by atoms with Crippen molar-refractivity contribution < 1.29 is 4.79 Å². The molecule has 0 aliphatic heterocycles. The smallest absolute Gasteiger partial charge is 0.129 e. The number of ketones is 1. The molecular weight excluding hydrogens is 196 g/mol. The van der Waals surface area contributed by atoms with Crippen molar-refractivity contribution in [3.05, 3.63) is 0 Å². The minimum atomic E-state index is 0.289. The van der Waals surface area contributed by atoms with Crippen molar-refractivity contribution in [2.75, 3.05) is 0 Å². The van der Waals surface area contributed by atoms with E-state index in [4.69, 9.17) is 0 Å². The molecule has 1 aliphatic carbocycles. The highest BCUT2D eigenvalue weighted by molar-refractivity contribution is 5.75. The molecule has 1 fully saturated rings. The first-order chi connectivity index (χ1) is 7.77. The van der Waals surface area contributed by atoms with Gasteiger partial charge in [-0.05, 0) is 13.3 Å². The Bertz CT molecular complexity index is 92.5. The van der Waals surface area contributed by atoms with Gasteiger partial charge in [-0.15, -0.1) is 0 Å². The Labute approximate surface area is 104 Å². The minimum absolute atomic E-state index is 0.289. The molecule has 0 heterocycles. The van der Waals surface area contributed by atoms with Crippen molar-refractivity contribution in [1.82, 2.24) is 0 Å². The van der Waals surface area contributed by atoms with Gasteiger partial charge in [0.25, 0.3) is 0 Å². The normalized spacial score (nSPS) is 12.9. The van der Waals surface area contributed by atoms with Gasteiger partial charge in [-0.1, -0.05) is 73.1 Å². The van der Waals surface area contributed by atoms with Crippen LogP contribution in [-0.2, 0) is 4.79 Å². The van der Waals surface area contributed by atoms with Crippen LogP contribution in [0.4, 0.5) is 0 Å². The summed E-state index contributed by atoms with van der Waals surface area (Å²) in [5.41, 5.74) is 0. The topological polar surface area (TPSA) is 17.1 Å². The Balaban J connectivity index is -0.000000162. The van der Waals surface area contributed by atoms with Crippen LogP contribution >= 0.6 is 0 Å². The largest absolute Gasteiger partial charge is 0.300 e. The fraction of sp³-hybridized carbons (Fsp3) is 0.933. The maximum atomic E-state index is 10.0. The van der Waals surface area contributed by atoms with Crippen LogP contribution in [0.2, 0.25) is 0 Å². The van der Waals surface area contributed by atoms with E-state index in [1.54, 1.807) is 6.92 Å². The van der Waals surface area contributed by atoms with Gasteiger partial charge in [0.05, 0.1) is 0 Å². The van der Waals surface area contributed by atoms with E-state index in [0.717, 1.165) is 12.8 Å². The van der Waals surface area contributed by atoms with E-state index in [9.17, 15) is 4.79 Å². The molecule has 0 aromatic heterocycles. The predicted molar refractivity (Wildman–Crippen MR) is 76.0 cm³/mol. The van der Waals surface area contributed by atoms with E-state index in [-0.39, 0.29) is 5.78 Å². The van der Waals surface area contributed by atoms with Gasteiger partial charge in [0.1, 0.15) is 5.78 Å². The van der Waals surface area contributed by atoms with Gasteiger partial charge >= 0.3 is 0 Å². The fourth-order valence-electron chi connectivity index (χ4n) is 1.41. The molecule has 0 spiro atoms. The van der Waals surface area contributed by atoms with Crippen molar-refractivity contribution in [3.8, 4) is 0 Å². The fourth-order valence-corrected chi connectivity index (χ4v) is 1.41. The van der Waals surface area contributed by atoms with Crippen LogP contribution in [0.15, 0.2) is 0 Å². The summed E-state index contributed by atoms with van der Waals surface area (Å²) in [7, 11) is 0. The lowest BCUT2D eigenvalue weighted by Crippen LogP contribution is -1.85. The Morgan fingerprint density at radius 1 is 0.812 bits per heavy atom. The molecule has 0 saturated heterocycles. The number of rotatable bonds is 2. The molecule has 1 nitrogen and oxygen atoms in total. The van der Waals surface area contributed by atoms with Gasteiger partial charge in [0.2, 0.25) is 0 Å². The summed E-state index contributed by atoms with van der Waals surface area (Å²) in [6.45, 7) is 11.6. The first-order valence-electron chi connectivity index (χ1n) is 7.26. The lowest BCUT2D eigenvalue weighted by Gasteiger charge is -2.05. The maximum absolute atomic E-state index is 10.0. The molecule has 16 heavy (non-hydrogen) atoms. The van der Waals surface area contributed by atoms with Gasteiger partial charge in [-0.3, -0.25) is 0 Å². The predicted octanol–water partition coefficient (Wildman–Crippen LogP) is 5.77. The van der Waals surface area contributed by atoms with Crippen molar-refractivity contribution >= 4 is 5.78 Å². The average molecular weight is 230 g/mol. The number of Topliss-reactive ketones (excluding diaryl/α,β-unsaturated/α-hetero) is 1. The summed E-state index contributed by atoms with van der Waals surface area (Å²) < 4.78 is 0. The highest BCUT2D eigenvalue weighted by atomic mass is 16.1. The van der Waals surface area contributed by atoms with E-state index in [0.29, 0.717) is 0 Å². The molecular formula is C15H34O. The second kappa shape index (κ2) is 24.1. The molecule has 100 valence electrons. The first-order valence-corrected chi connectivity index (χ1v) is 7.26. The van der Waals surface area contributed by atoms with Gasteiger partial charge in [-0.25, -0.2) is 0 Å². The second-order valence-electron chi connectivity index (χ2n) is 3.57. The van der Waals surface area contributed by atoms with Gasteiger partial charge in [0.15, 0.2) is 0 Å². The summed E-state index contributed by atoms with van der Waals surface area (Å²) in [5.74, 6) is 0.289. The summed E-state index contributed by atoms with van der Waals surface area (Å²) in [4.78, 5) is 10.0. The van der Waals surface area contributed by atoms with Crippen LogP contribution in [0.5, 0.6) is 0 Å². The quantitative estimate of drug-likeness (QED) is 0.588. The monoisotopic (exact) mass is 230 g/mol. The van der Waals surface area contributed by atoms with E-state index in [1.165, 1.54) is 38.5 Å². The molecule has 1 rings (SSSR count). The molecule has 0 N–H and O–H groups in total. The zero-order chi connectivity index (χ0) is 13.2. The SMILES string of the molecule is C1CCCCC1.CC.CC.CCCC(C)=O. The zero-order valence-electron chi connectivity index (χ0n) is 12.6. The van der Waals surface area contributed by atoms with Crippen molar-refractivity contribution in [1.29, 1.82) is 0 Å². The highest BCUT2D eigenvalue weighted by Gasteiger charge is 1.95. The molecule has 0 aromatic rings. The molecule has 0 unspecified atom stereocenters. The van der Waals surface area contributed by atoms with Crippen LogP contribution in [0.25, 0.3) is 0 Å². The van der Waals surface area contributed by atoms with Crippen LogP contribution in [0, 0.1) is 0 Å². The molecule has 0 atom stereocenters. The summed E-state index contributed by atoms with van der Waals surface area (Å²) in [6, 6.07) is 0. The Morgan fingerprint density at radius 3 is 1.12 bits per heavy atom. The van der Waals surface area contributed by atoms with Gasteiger partial charge in [0, 0.05) is 6.42 Å². The Hall–Kier alpha value is -0.330. The van der Waals surface area contributed by atoms with E-state index >= 15 is 0 Å². The Morgan fingerprint density at radius 2 is 1.06 bits per heavy atom. The van der Waals surface area contributed by atoms with Crippen LogP contribution in [0.3, 0.4) is 0 Å².